The van der Waals surface area contributed by atoms with E-state index in [0.717, 1.165) is 39.1 Å². The van der Waals surface area contributed by atoms with Gasteiger partial charge in [-0.1, -0.05) is 6.92 Å². The van der Waals surface area contributed by atoms with E-state index in [9.17, 15) is 13.2 Å². The van der Waals surface area contributed by atoms with Gasteiger partial charge >= 0.3 is 6.18 Å². The Morgan fingerprint density at radius 2 is 2.14 bits per heavy atom. The lowest BCUT2D eigenvalue weighted by Crippen LogP contribution is -2.52. The van der Waals surface area contributed by atoms with Crippen molar-refractivity contribution >= 4 is 0 Å². The number of hydrogen-bond acceptors (Lipinski definition) is 3. The van der Waals surface area contributed by atoms with Crippen LogP contribution in [0.5, 0.6) is 0 Å². The second kappa shape index (κ2) is 7.29. The van der Waals surface area contributed by atoms with Gasteiger partial charge in [0.1, 0.15) is 0 Å². The van der Waals surface area contributed by atoms with E-state index in [2.05, 4.69) is 12.2 Å². The van der Waals surface area contributed by atoms with Crippen LogP contribution in [0.25, 0.3) is 0 Å². The molecule has 0 aromatic carbocycles. The van der Waals surface area contributed by atoms with E-state index in [1.54, 1.807) is 0 Å². The van der Waals surface area contributed by atoms with E-state index in [1.807, 2.05) is 4.90 Å². The Bertz CT molecular complexity index is 317. The van der Waals surface area contributed by atoms with E-state index in [4.69, 9.17) is 4.74 Å². The Kier molecular flexibility index (Phi) is 5.91. The fraction of sp³-hybridized carbons (Fsp3) is 1.00. The Morgan fingerprint density at radius 3 is 2.76 bits per heavy atom. The highest BCUT2D eigenvalue weighted by Gasteiger charge is 2.43. The first-order chi connectivity index (χ1) is 9.95. The number of hydrogen-bond donors (Lipinski definition) is 1. The molecule has 21 heavy (non-hydrogen) atoms. The van der Waals surface area contributed by atoms with Crippen LogP contribution >= 0.6 is 0 Å². The average Bonchev–Trinajstić information content (AvgIpc) is 2.46. The smallest absolute Gasteiger partial charge is 0.381 e. The molecule has 0 aliphatic carbocycles. The summed E-state index contributed by atoms with van der Waals surface area (Å²) in [6.45, 7) is 6.85. The van der Waals surface area contributed by atoms with Gasteiger partial charge in [0.2, 0.25) is 0 Å². The number of rotatable bonds is 5. The molecule has 2 unspecified atom stereocenters. The highest BCUT2D eigenvalue weighted by atomic mass is 19.4. The molecule has 2 rings (SSSR count). The van der Waals surface area contributed by atoms with E-state index in [0.29, 0.717) is 19.6 Å². The van der Waals surface area contributed by atoms with Crippen molar-refractivity contribution in [2.45, 2.75) is 38.8 Å². The maximum Gasteiger partial charge on any atom is 0.393 e. The first-order valence-electron chi connectivity index (χ1n) is 8.03. The fourth-order valence-electron chi connectivity index (χ4n) is 3.56. The van der Waals surface area contributed by atoms with Crippen molar-refractivity contribution in [3.8, 4) is 0 Å². The van der Waals surface area contributed by atoms with Crippen LogP contribution in [0.2, 0.25) is 0 Å². The molecular weight excluding hydrogens is 281 g/mol. The zero-order chi connectivity index (χ0) is 15.3. The van der Waals surface area contributed by atoms with Gasteiger partial charge in [-0.15, -0.1) is 0 Å². The second-order valence-corrected chi connectivity index (χ2v) is 6.55. The minimum Gasteiger partial charge on any atom is -0.381 e. The molecular formula is C15H27F3N2O. The van der Waals surface area contributed by atoms with E-state index in [1.165, 1.54) is 0 Å². The largest absolute Gasteiger partial charge is 0.393 e. The molecule has 0 saturated carbocycles. The molecule has 0 bridgehead atoms. The van der Waals surface area contributed by atoms with Crippen molar-refractivity contribution in [1.82, 2.24) is 10.2 Å². The lowest BCUT2D eigenvalue weighted by Gasteiger charge is -2.43. The summed E-state index contributed by atoms with van der Waals surface area (Å²) in [5, 5.41) is 3.36. The van der Waals surface area contributed by atoms with Gasteiger partial charge in [0, 0.05) is 31.7 Å². The normalized spacial score (nSPS) is 32.3. The van der Waals surface area contributed by atoms with Gasteiger partial charge in [0.25, 0.3) is 0 Å². The first-order valence-corrected chi connectivity index (χ1v) is 8.03. The molecule has 0 spiro atoms. The predicted molar refractivity (Wildman–Crippen MR) is 76.2 cm³/mol. The molecule has 2 saturated heterocycles. The molecule has 0 aromatic rings. The fourth-order valence-corrected chi connectivity index (χ4v) is 3.56. The van der Waals surface area contributed by atoms with E-state index < -0.39 is 12.1 Å². The van der Waals surface area contributed by atoms with Crippen molar-refractivity contribution in [1.29, 1.82) is 0 Å². The van der Waals surface area contributed by atoms with Crippen LogP contribution in [0.4, 0.5) is 13.2 Å². The summed E-state index contributed by atoms with van der Waals surface area (Å²) in [5.41, 5.74) is -0.0260. The molecule has 3 nitrogen and oxygen atoms in total. The average molecular weight is 308 g/mol. The number of piperidine rings is 1. The Morgan fingerprint density at radius 1 is 1.33 bits per heavy atom. The zero-order valence-electron chi connectivity index (χ0n) is 12.8. The van der Waals surface area contributed by atoms with Gasteiger partial charge in [0.15, 0.2) is 0 Å². The molecule has 1 N–H and O–H groups in total. The maximum absolute atomic E-state index is 12.9. The number of ether oxygens (including phenoxy) is 1. The summed E-state index contributed by atoms with van der Waals surface area (Å²) >= 11 is 0. The summed E-state index contributed by atoms with van der Waals surface area (Å²) in [4.78, 5) is 2.01. The molecule has 0 radical (unpaired) electrons. The first kappa shape index (κ1) is 17.0. The SMILES string of the molecule is CCNCC1(CN2CCCC(C(F)(F)F)C2)CCCOC1. The van der Waals surface area contributed by atoms with Crippen molar-refractivity contribution in [3.05, 3.63) is 0 Å². The zero-order valence-corrected chi connectivity index (χ0v) is 12.8. The quantitative estimate of drug-likeness (QED) is 0.845. The number of halogens is 3. The van der Waals surface area contributed by atoms with E-state index >= 15 is 0 Å². The molecule has 2 heterocycles. The summed E-state index contributed by atoms with van der Waals surface area (Å²) in [6, 6.07) is 0. The number of nitrogens with zero attached hydrogens (tertiary/aromatic N) is 1. The molecule has 0 aromatic heterocycles. The third-order valence-electron chi connectivity index (χ3n) is 4.68. The molecule has 6 heteroatoms. The van der Waals surface area contributed by atoms with Gasteiger partial charge in [0.05, 0.1) is 12.5 Å². The van der Waals surface area contributed by atoms with Crippen LogP contribution in [0.3, 0.4) is 0 Å². The Hall–Kier alpha value is -0.330. The lowest BCUT2D eigenvalue weighted by molar-refractivity contribution is -0.188. The van der Waals surface area contributed by atoms with Crippen LogP contribution in [0.1, 0.15) is 32.6 Å². The monoisotopic (exact) mass is 308 g/mol. The molecule has 2 aliphatic rings. The summed E-state index contributed by atoms with van der Waals surface area (Å²) < 4.78 is 44.4. The van der Waals surface area contributed by atoms with Crippen LogP contribution < -0.4 is 5.32 Å². The highest BCUT2D eigenvalue weighted by molar-refractivity contribution is 4.89. The second-order valence-electron chi connectivity index (χ2n) is 6.55. The van der Waals surface area contributed by atoms with Gasteiger partial charge in [-0.3, -0.25) is 0 Å². The van der Waals surface area contributed by atoms with Crippen LogP contribution in [0.15, 0.2) is 0 Å². The van der Waals surface area contributed by atoms with Crippen LogP contribution in [-0.4, -0.2) is 57.0 Å². The Balaban J connectivity index is 1.95. The standard InChI is InChI=1S/C15H27F3N2O/c1-2-19-10-14(6-4-8-21-12-14)11-20-7-3-5-13(9-20)15(16,17)18/h13,19H,2-12H2,1H3. The lowest BCUT2D eigenvalue weighted by atomic mass is 9.81. The maximum atomic E-state index is 12.9. The molecule has 0 amide bonds. The summed E-state index contributed by atoms with van der Waals surface area (Å²) in [5.74, 6) is -1.16. The number of alkyl halides is 3. The minimum atomic E-state index is -4.06. The van der Waals surface area contributed by atoms with Crippen LogP contribution in [0, 0.1) is 11.3 Å². The minimum absolute atomic E-state index is 0.0260. The molecule has 124 valence electrons. The molecule has 2 aliphatic heterocycles. The van der Waals surface area contributed by atoms with Gasteiger partial charge < -0.3 is 15.0 Å². The number of nitrogens with one attached hydrogen (secondary N) is 1. The van der Waals surface area contributed by atoms with Gasteiger partial charge in [-0.05, 0) is 38.8 Å². The van der Waals surface area contributed by atoms with Crippen molar-refractivity contribution in [3.63, 3.8) is 0 Å². The molecule has 2 atom stereocenters. The number of likely N-dealkylation sites (tertiary alicyclic amines) is 1. The van der Waals surface area contributed by atoms with Crippen LogP contribution in [-0.2, 0) is 4.74 Å². The summed E-state index contributed by atoms with van der Waals surface area (Å²) in [7, 11) is 0. The molecule has 2 fully saturated rings. The highest BCUT2D eigenvalue weighted by Crippen LogP contribution is 2.35. The third-order valence-corrected chi connectivity index (χ3v) is 4.68. The predicted octanol–water partition coefficient (Wildman–Crippen LogP) is 2.67. The summed E-state index contributed by atoms with van der Waals surface area (Å²) in [6.07, 6.45) is -1.11. The third kappa shape index (κ3) is 4.83. The van der Waals surface area contributed by atoms with Crippen molar-refractivity contribution in [2.75, 3.05) is 45.9 Å². The topological polar surface area (TPSA) is 24.5 Å². The Labute approximate surface area is 125 Å². The van der Waals surface area contributed by atoms with E-state index in [-0.39, 0.29) is 18.4 Å². The van der Waals surface area contributed by atoms with Gasteiger partial charge in [-0.25, -0.2) is 0 Å². The van der Waals surface area contributed by atoms with Crippen molar-refractivity contribution < 1.29 is 17.9 Å². The van der Waals surface area contributed by atoms with Gasteiger partial charge in [-0.2, -0.15) is 13.2 Å². The van der Waals surface area contributed by atoms with Crippen molar-refractivity contribution in [2.24, 2.45) is 11.3 Å².